The van der Waals surface area contributed by atoms with E-state index in [9.17, 15) is 9.59 Å². The molecule has 2 aromatic rings. The number of hydrazine groups is 1. The molecule has 1 aliphatic rings. The van der Waals surface area contributed by atoms with Crippen molar-refractivity contribution in [3.63, 3.8) is 0 Å². The molecule has 23 heavy (non-hydrogen) atoms. The first-order valence-corrected chi connectivity index (χ1v) is 7.61. The number of halogens is 1. The Morgan fingerprint density at radius 3 is 2.61 bits per heavy atom. The second kappa shape index (κ2) is 5.93. The number of anilines is 1. The van der Waals surface area contributed by atoms with Gasteiger partial charge in [-0.25, -0.2) is 5.01 Å². The Labute approximate surface area is 139 Å². The fraction of sp³-hybridized carbons (Fsp3) is 0.176. The molecule has 1 unspecified atom stereocenters. The lowest BCUT2D eigenvalue weighted by atomic mass is 10.1. The van der Waals surface area contributed by atoms with Gasteiger partial charge in [0.05, 0.1) is 5.56 Å². The Balaban J connectivity index is 1.84. The van der Waals surface area contributed by atoms with Crippen molar-refractivity contribution in [1.82, 2.24) is 10.4 Å². The summed E-state index contributed by atoms with van der Waals surface area (Å²) in [4.78, 5) is 24.9. The van der Waals surface area contributed by atoms with Crippen LogP contribution in [0.4, 0.5) is 5.69 Å². The quantitative estimate of drug-likeness (QED) is 0.889. The fourth-order valence-electron chi connectivity index (χ4n) is 2.44. The van der Waals surface area contributed by atoms with E-state index in [2.05, 4.69) is 10.7 Å². The maximum absolute atomic E-state index is 12.6. The van der Waals surface area contributed by atoms with E-state index in [0.717, 1.165) is 5.56 Å². The third-order valence-electron chi connectivity index (χ3n) is 3.72. The second-order valence-corrected chi connectivity index (χ2v) is 5.93. The van der Waals surface area contributed by atoms with Gasteiger partial charge in [0.2, 0.25) is 0 Å². The van der Waals surface area contributed by atoms with Crippen LogP contribution in [-0.2, 0) is 0 Å². The third-order valence-corrected chi connectivity index (χ3v) is 3.95. The van der Waals surface area contributed by atoms with E-state index in [-0.39, 0.29) is 18.0 Å². The van der Waals surface area contributed by atoms with Gasteiger partial charge in [-0.2, -0.15) is 0 Å². The molecule has 0 bridgehead atoms. The number of aryl methyl sites for hydroxylation is 1. The van der Waals surface area contributed by atoms with Gasteiger partial charge < -0.3 is 5.32 Å². The molecule has 118 valence electrons. The molecule has 1 aliphatic heterocycles. The topological polar surface area (TPSA) is 61.4 Å². The minimum atomic E-state index is -0.370. The summed E-state index contributed by atoms with van der Waals surface area (Å²) in [6.45, 7) is 3.74. The van der Waals surface area contributed by atoms with E-state index < -0.39 is 0 Å². The summed E-state index contributed by atoms with van der Waals surface area (Å²) in [6, 6.07) is 12.2. The molecular weight excluding hydrogens is 314 g/mol. The molecule has 5 nitrogen and oxygen atoms in total. The van der Waals surface area contributed by atoms with E-state index >= 15 is 0 Å². The standard InChI is InChI=1S/C17H16ClN3O2/c1-10-3-5-12(6-4-10)16(22)20-21-11(2)19-15-8-7-13(18)9-14(15)17(21)23/h3-9,11,19H,1-2H3,(H,20,22). The smallest absolute Gasteiger partial charge is 0.276 e. The van der Waals surface area contributed by atoms with Crippen LogP contribution in [0.15, 0.2) is 42.5 Å². The molecule has 2 aromatic carbocycles. The number of hydrogen-bond donors (Lipinski definition) is 2. The van der Waals surface area contributed by atoms with Gasteiger partial charge in [0.25, 0.3) is 11.8 Å². The molecule has 1 atom stereocenters. The van der Waals surface area contributed by atoms with Gasteiger partial charge >= 0.3 is 0 Å². The number of carbonyl (C=O) groups is 2. The lowest BCUT2D eigenvalue weighted by Gasteiger charge is -2.35. The van der Waals surface area contributed by atoms with Gasteiger partial charge in [-0.15, -0.1) is 0 Å². The zero-order valence-corrected chi connectivity index (χ0v) is 13.5. The van der Waals surface area contributed by atoms with E-state index in [0.29, 0.717) is 21.8 Å². The maximum atomic E-state index is 12.6. The van der Waals surface area contributed by atoms with Crippen molar-refractivity contribution < 1.29 is 9.59 Å². The number of fused-ring (bicyclic) bond motifs is 1. The zero-order valence-electron chi connectivity index (χ0n) is 12.8. The van der Waals surface area contributed by atoms with Gasteiger partial charge in [0.1, 0.15) is 6.17 Å². The largest absolute Gasteiger partial charge is 0.363 e. The monoisotopic (exact) mass is 329 g/mol. The number of amides is 2. The normalized spacial score (nSPS) is 16.6. The summed E-state index contributed by atoms with van der Waals surface area (Å²) >= 11 is 5.96. The van der Waals surface area contributed by atoms with Gasteiger partial charge in [-0.1, -0.05) is 29.3 Å². The van der Waals surface area contributed by atoms with Crippen molar-refractivity contribution in [3.8, 4) is 0 Å². The Kier molecular flexibility index (Phi) is 3.96. The average Bonchev–Trinajstić information content (AvgIpc) is 2.53. The SMILES string of the molecule is Cc1ccc(C(=O)NN2C(=O)c3cc(Cl)ccc3NC2C)cc1. The first kappa shape index (κ1) is 15.4. The Hall–Kier alpha value is -2.53. The number of nitrogens with one attached hydrogen (secondary N) is 2. The molecule has 2 amide bonds. The molecule has 3 rings (SSSR count). The molecule has 0 saturated heterocycles. The minimum absolute atomic E-state index is 0.297. The van der Waals surface area contributed by atoms with Gasteiger partial charge in [-0.05, 0) is 44.2 Å². The molecule has 1 heterocycles. The average molecular weight is 330 g/mol. The number of rotatable bonds is 2. The highest BCUT2D eigenvalue weighted by Crippen LogP contribution is 2.27. The third kappa shape index (κ3) is 3.00. The van der Waals surface area contributed by atoms with Crippen LogP contribution >= 0.6 is 11.6 Å². The van der Waals surface area contributed by atoms with E-state index in [1.165, 1.54) is 5.01 Å². The second-order valence-electron chi connectivity index (χ2n) is 5.49. The molecule has 0 aromatic heterocycles. The van der Waals surface area contributed by atoms with Crippen LogP contribution in [0.25, 0.3) is 0 Å². The molecular formula is C17H16ClN3O2. The summed E-state index contributed by atoms with van der Waals surface area (Å²) in [5.41, 5.74) is 5.34. The van der Waals surface area contributed by atoms with E-state index in [1.807, 2.05) is 19.1 Å². The molecule has 2 N–H and O–H groups in total. The molecule has 0 saturated carbocycles. The van der Waals surface area contributed by atoms with Crippen LogP contribution in [0, 0.1) is 6.92 Å². The van der Waals surface area contributed by atoms with Gasteiger partial charge in [0.15, 0.2) is 0 Å². The summed E-state index contributed by atoms with van der Waals surface area (Å²) < 4.78 is 0. The van der Waals surface area contributed by atoms with Crippen molar-refractivity contribution in [1.29, 1.82) is 0 Å². The molecule has 6 heteroatoms. The first-order chi connectivity index (χ1) is 11.0. The lowest BCUT2D eigenvalue weighted by molar-refractivity contribution is 0.0510. The van der Waals surface area contributed by atoms with Crippen LogP contribution in [0.2, 0.25) is 5.02 Å². The Morgan fingerprint density at radius 1 is 1.22 bits per heavy atom. The lowest BCUT2D eigenvalue weighted by Crippen LogP contribution is -2.56. The number of hydrogen-bond acceptors (Lipinski definition) is 3. The molecule has 0 spiro atoms. The highest BCUT2D eigenvalue weighted by molar-refractivity contribution is 6.31. The van der Waals surface area contributed by atoms with Gasteiger partial charge in [-0.3, -0.25) is 15.0 Å². The van der Waals surface area contributed by atoms with Crippen molar-refractivity contribution in [2.75, 3.05) is 5.32 Å². The van der Waals surface area contributed by atoms with Crippen molar-refractivity contribution in [2.24, 2.45) is 0 Å². The van der Waals surface area contributed by atoms with Crippen molar-refractivity contribution in [2.45, 2.75) is 20.0 Å². The Bertz CT molecular complexity index is 774. The predicted molar refractivity (Wildman–Crippen MR) is 89.4 cm³/mol. The summed E-state index contributed by atoms with van der Waals surface area (Å²) in [5.74, 6) is -0.633. The van der Waals surface area contributed by atoms with Crippen molar-refractivity contribution in [3.05, 3.63) is 64.2 Å². The Morgan fingerprint density at radius 2 is 1.91 bits per heavy atom. The minimum Gasteiger partial charge on any atom is -0.363 e. The van der Waals surface area contributed by atoms with Crippen molar-refractivity contribution >= 4 is 29.1 Å². The van der Waals surface area contributed by atoms with Gasteiger partial charge in [0, 0.05) is 16.3 Å². The summed E-state index contributed by atoms with van der Waals surface area (Å²) in [7, 11) is 0. The predicted octanol–water partition coefficient (Wildman–Crippen LogP) is 3.21. The molecule has 0 fully saturated rings. The fourth-order valence-corrected chi connectivity index (χ4v) is 2.61. The summed E-state index contributed by atoms with van der Waals surface area (Å²) in [6.07, 6.45) is -0.370. The number of benzene rings is 2. The summed E-state index contributed by atoms with van der Waals surface area (Å²) in [5, 5.41) is 4.91. The van der Waals surface area contributed by atoms with Crippen LogP contribution < -0.4 is 10.7 Å². The van der Waals surface area contributed by atoms with Crippen LogP contribution in [-0.4, -0.2) is 23.0 Å². The van der Waals surface area contributed by atoms with E-state index in [4.69, 9.17) is 11.6 Å². The van der Waals surface area contributed by atoms with Crippen LogP contribution in [0.5, 0.6) is 0 Å². The number of carbonyl (C=O) groups excluding carboxylic acids is 2. The first-order valence-electron chi connectivity index (χ1n) is 7.23. The highest BCUT2D eigenvalue weighted by atomic mass is 35.5. The van der Waals surface area contributed by atoms with Crippen LogP contribution in [0.3, 0.4) is 0 Å². The highest BCUT2D eigenvalue weighted by Gasteiger charge is 2.31. The zero-order chi connectivity index (χ0) is 16.6. The van der Waals surface area contributed by atoms with Crippen LogP contribution in [0.1, 0.15) is 33.2 Å². The number of nitrogens with zero attached hydrogens (tertiary/aromatic N) is 1. The van der Waals surface area contributed by atoms with E-state index in [1.54, 1.807) is 37.3 Å². The molecule has 0 radical (unpaired) electrons. The maximum Gasteiger partial charge on any atom is 0.276 e. The molecule has 0 aliphatic carbocycles.